The van der Waals surface area contributed by atoms with Gasteiger partial charge >= 0.3 is 0 Å². The zero-order valence-electron chi connectivity index (χ0n) is 18.5. The minimum absolute atomic E-state index is 0.167. The Balaban J connectivity index is 1.41. The summed E-state index contributed by atoms with van der Waals surface area (Å²) in [5.74, 6) is 7.98. The molecule has 4 rings (SSSR count). The van der Waals surface area contributed by atoms with Crippen molar-refractivity contribution < 1.29 is 8.78 Å². The summed E-state index contributed by atoms with van der Waals surface area (Å²) in [5.41, 5.74) is 2.63. The Morgan fingerprint density at radius 3 is 2.52 bits per heavy atom. The van der Waals surface area contributed by atoms with E-state index in [1.165, 1.54) is 44.2 Å². The number of allylic oxidation sites excluding steroid dienone is 1. The number of halogens is 2. The first-order chi connectivity index (χ1) is 15.0. The van der Waals surface area contributed by atoms with Crippen LogP contribution in [-0.2, 0) is 0 Å². The second-order valence-electron chi connectivity index (χ2n) is 9.54. The number of hydrogen-bond acceptors (Lipinski definition) is 0. The van der Waals surface area contributed by atoms with Gasteiger partial charge in [0.2, 0.25) is 0 Å². The van der Waals surface area contributed by atoms with Gasteiger partial charge in [0.05, 0.1) is 5.56 Å². The third-order valence-electron chi connectivity index (χ3n) is 7.41. The number of aryl methyl sites for hydroxylation is 1. The molecule has 0 aliphatic heterocycles. The topological polar surface area (TPSA) is 0 Å². The molecule has 4 atom stereocenters. The summed E-state index contributed by atoms with van der Waals surface area (Å²) >= 11 is 0. The highest BCUT2D eigenvalue weighted by molar-refractivity contribution is 5.45. The fourth-order valence-electron chi connectivity index (χ4n) is 5.68. The van der Waals surface area contributed by atoms with Gasteiger partial charge in [-0.05, 0) is 111 Å². The quantitative estimate of drug-likeness (QED) is 0.349. The highest BCUT2D eigenvalue weighted by atomic mass is 19.1. The molecule has 0 heterocycles. The Kier molecular flexibility index (Phi) is 6.91. The Morgan fingerprint density at radius 1 is 0.935 bits per heavy atom. The largest absolute Gasteiger partial charge is 0.207 e. The van der Waals surface area contributed by atoms with Gasteiger partial charge in [-0.25, -0.2) is 8.78 Å². The molecule has 0 bridgehead atoms. The van der Waals surface area contributed by atoms with Crippen LogP contribution in [0.25, 0.3) is 0 Å². The number of hydrogen-bond donors (Lipinski definition) is 0. The summed E-state index contributed by atoms with van der Waals surface area (Å²) in [4.78, 5) is 0. The lowest BCUT2D eigenvalue weighted by Gasteiger charge is -2.42. The van der Waals surface area contributed by atoms with Crippen LogP contribution in [0.15, 0.2) is 49.1 Å². The predicted molar refractivity (Wildman–Crippen MR) is 124 cm³/mol. The first-order valence-electron chi connectivity index (χ1n) is 11.7. The van der Waals surface area contributed by atoms with E-state index in [-0.39, 0.29) is 11.6 Å². The van der Waals surface area contributed by atoms with Crippen LogP contribution in [0.4, 0.5) is 8.78 Å². The van der Waals surface area contributed by atoms with Gasteiger partial charge in [0.1, 0.15) is 11.6 Å². The Hall–Kier alpha value is -2.40. The molecule has 2 aromatic rings. The lowest BCUT2D eigenvalue weighted by atomic mass is 9.63. The van der Waals surface area contributed by atoms with Crippen LogP contribution < -0.4 is 0 Å². The molecule has 2 heteroatoms. The zero-order valence-corrected chi connectivity index (χ0v) is 18.5. The van der Waals surface area contributed by atoms with Crippen LogP contribution >= 0.6 is 0 Å². The van der Waals surface area contributed by atoms with E-state index < -0.39 is 0 Å². The molecule has 2 aliphatic rings. The molecule has 2 aromatic carbocycles. The van der Waals surface area contributed by atoms with Crippen molar-refractivity contribution in [2.75, 3.05) is 0 Å². The molecule has 0 amide bonds. The van der Waals surface area contributed by atoms with Gasteiger partial charge in [-0.2, -0.15) is 0 Å². The van der Waals surface area contributed by atoms with Gasteiger partial charge in [-0.15, -0.1) is 6.58 Å². The van der Waals surface area contributed by atoms with Gasteiger partial charge in [-0.1, -0.05) is 36.5 Å². The monoisotopic (exact) mass is 418 g/mol. The SMILES string of the molecule is C=CCCC1CCC2CC(c3ccc(C#Cc4ccc(C)cc4F)cc3F)CCC2C1. The molecule has 2 aliphatic carbocycles. The van der Waals surface area contributed by atoms with E-state index in [9.17, 15) is 8.78 Å². The third-order valence-corrected chi connectivity index (χ3v) is 7.41. The van der Waals surface area contributed by atoms with Gasteiger partial charge in [0.15, 0.2) is 0 Å². The maximum atomic E-state index is 15.0. The van der Waals surface area contributed by atoms with Crippen molar-refractivity contribution in [3.8, 4) is 11.8 Å². The summed E-state index contributed by atoms with van der Waals surface area (Å²) in [6.07, 6.45) is 11.8. The fraction of sp³-hybridized carbons (Fsp3) is 0.448. The van der Waals surface area contributed by atoms with E-state index in [2.05, 4.69) is 18.4 Å². The molecule has 0 nitrogen and oxygen atoms in total. The van der Waals surface area contributed by atoms with E-state index in [0.29, 0.717) is 17.0 Å². The normalized spacial score (nSPS) is 25.3. The molecular weight excluding hydrogens is 386 g/mol. The zero-order chi connectivity index (χ0) is 21.8. The van der Waals surface area contributed by atoms with Crippen molar-refractivity contribution >= 4 is 0 Å². The number of rotatable bonds is 4. The molecule has 31 heavy (non-hydrogen) atoms. The minimum Gasteiger partial charge on any atom is -0.207 e. The molecule has 0 spiro atoms. The van der Waals surface area contributed by atoms with Crippen molar-refractivity contribution in [3.05, 3.63) is 82.9 Å². The van der Waals surface area contributed by atoms with Crippen molar-refractivity contribution in [1.29, 1.82) is 0 Å². The highest BCUT2D eigenvalue weighted by Gasteiger charge is 2.36. The molecule has 2 saturated carbocycles. The summed E-state index contributed by atoms with van der Waals surface area (Å²) < 4.78 is 28.9. The molecule has 0 saturated heterocycles. The maximum absolute atomic E-state index is 15.0. The van der Waals surface area contributed by atoms with Crippen molar-refractivity contribution in [3.63, 3.8) is 0 Å². The Labute approximate surface area is 185 Å². The van der Waals surface area contributed by atoms with E-state index in [0.717, 1.165) is 48.1 Å². The molecule has 0 N–H and O–H groups in total. The third kappa shape index (κ3) is 5.27. The summed E-state index contributed by atoms with van der Waals surface area (Å²) in [6, 6.07) is 10.3. The second kappa shape index (κ2) is 9.82. The molecular formula is C29H32F2. The minimum atomic E-state index is -0.333. The lowest BCUT2D eigenvalue weighted by Crippen LogP contribution is -2.30. The van der Waals surface area contributed by atoms with Gasteiger partial charge < -0.3 is 0 Å². The van der Waals surface area contributed by atoms with E-state index in [1.54, 1.807) is 6.07 Å². The van der Waals surface area contributed by atoms with Crippen LogP contribution in [0.2, 0.25) is 0 Å². The highest BCUT2D eigenvalue weighted by Crippen LogP contribution is 2.48. The smallest absolute Gasteiger partial charge is 0.139 e. The van der Waals surface area contributed by atoms with Gasteiger partial charge in [0, 0.05) is 5.56 Å². The van der Waals surface area contributed by atoms with Crippen LogP contribution in [0.5, 0.6) is 0 Å². The number of fused-ring (bicyclic) bond motifs is 1. The first-order valence-corrected chi connectivity index (χ1v) is 11.7. The van der Waals surface area contributed by atoms with E-state index >= 15 is 0 Å². The van der Waals surface area contributed by atoms with Crippen molar-refractivity contribution in [2.24, 2.45) is 17.8 Å². The van der Waals surface area contributed by atoms with Crippen LogP contribution in [0.1, 0.15) is 79.5 Å². The van der Waals surface area contributed by atoms with Crippen LogP contribution in [-0.4, -0.2) is 0 Å². The summed E-state index contributed by atoms with van der Waals surface area (Å²) in [6.45, 7) is 5.70. The van der Waals surface area contributed by atoms with Crippen LogP contribution in [0, 0.1) is 48.2 Å². The second-order valence-corrected chi connectivity index (χ2v) is 9.54. The first kappa shape index (κ1) is 21.8. The average Bonchev–Trinajstić information content (AvgIpc) is 2.77. The van der Waals surface area contributed by atoms with Crippen molar-refractivity contribution in [2.45, 2.75) is 64.2 Å². The fourth-order valence-corrected chi connectivity index (χ4v) is 5.68. The van der Waals surface area contributed by atoms with Gasteiger partial charge in [0.25, 0.3) is 0 Å². The lowest BCUT2D eigenvalue weighted by molar-refractivity contribution is 0.114. The Morgan fingerprint density at radius 2 is 1.74 bits per heavy atom. The summed E-state index contributed by atoms with van der Waals surface area (Å²) in [5, 5.41) is 0. The van der Waals surface area contributed by atoms with Crippen molar-refractivity contribution in [1.82, 2.24) is 0 Å². The summed E-state index contributed by atoms with van der Waals surface area (Å²) in [7, 11) is 0. The molecule has 162 valence electrons. The Bertz CT molecular complexity index is 994. The molecule has 4 unspecified atom stereocenters. The molecule has 0 aromatic heterocycles. The maximum Gasteiger partial charge on any atom is 0.139 e. The molecule has 0 radical (unpaired) electrons. The van der Waals surface area contributed by atoms with Crippen LogP contribution in [0.3, 0.4) is 0 Å². The van der Waals surface area contributed by atoms with Gasteiger partial charge in [-0.3, -0.25) is 0 Å². The van der Waals surface area contributed by atoms with E-state index in [4.69, 9.17) is 0 Å². The average molecular weight is 419 g/mol. The van der Waals surface area contributed by atoms with E-state index in [1.807, 2.05) is 31.2 Å². The molecule has 2 fully saturated rings. The number of benzene rings is 2. The standard InChI is InChI=1S/C29H32F2/c1-3-4-5-21-8-12-25-19-26(14-13-24(25)17-21)27-15-9-22(18-29(27)31)7-11-23-10-6-20(2)16-28(23)30/h3,6,9-10,15-16,18,21,24-26H,1,4-5,8,12-14,17,19H2,2H3. The predicted octanol–water partition coefficient (Wildman–Crippen LogP) is 7.94.